The second-order valence-corrected chi connectivity index (χ2v) is 14.0. The van der Waals surface area contributed by atoms with Gasteiger partial charge in [0.15, 0.2) is 11.4 Å². The summed E-state index contributed by atoms with van der Waals surface area (Å²) in [5.41, 5.74) is 5.71. The molecule has 0 unspecified atom stereocenters. The Balaban J connectivity index is 0.000000204. The molecular formula is C43H36N12O7. The highest BCUT2D eigenvalue weighted by Crippen LogP contribution is 2.26. The standard InChI is InChI=1S/C22H17N5O4.C21H16N6O3.H3N/c1-26-9-8-22(30,21(26)29)7-6-14-4-3-5-16(10-14)27-18-11-15(12-23)24-13-17(18)19(25-27)20(28)31-2;1-26-8-7-21(30,20(26)29)6-5-13-3-2-4-15(9-13)27-17-10-14(11-22)24-12-16(17)18(25-27)19(23)28;/h3-5,10-11,13,30H,8-9H2,1-2H3;2-4,9-10,12,30H,7-8H2,1H3,(H2,23,28);1H3/t22-;21-;/m00./s1. The number of methoxy groups -OCH3 is 1. The van der Waals surface area contributed by atoms with Crippen molar-refractivity contribution in [1.29, 1.82) is 10.5 Å². The van der Waals surface area contributed by atoms with Crippen LogP contribution in [0.25, 0.3) is 33.2 Å². The lowest BCUT2D eigenvalue weighted by Gasteiger charge is -2.13. The van der Waals surface area contributed by atoms with Gasteiger partial charge in [-0.3, -0.25) is 14.4 Å². The average Bonchev–Trinajstić information content (AvgIpc) is 4.00. The smallest absolute Gasteiger partial charge is 0.359 e. The van der Waals surface area contributed by atoms with Crippen molar-refractivity contribution in [1.82, 2.24) is 45.5 Å². The van der Waals surface area contributed by atoms with Crippen molar-refractivity contribution < 1.29 is 34.1 Å². The summed E-state index contributed by atoms with van der Waals surface area (Å²) < 4.78 is 7.78. The van der Waals surface area contributed by atoms with E-state index in [0.29, 0.717) is 57.4 Å². The normalized spacial score (nSPS) is 17.7. The van der Waals surface area contributed by atoms with Crippen molar-refractivity contribution in [2.75, 3.05) is 34.3 Å². The summed E-state index contributed by atoms with van der Waals surface area (Å²) in [6, 6.07) is 20.8. The number of rotatable bonds is 4. The van der Waals surface area contributed by atoms with Crippen LogP contribution in [0.2, 0.25) is 0 Å². The molecule has 2 aliphatic rings. The van der Waals surface area contributed by atoms with Crippen molar-refractivity contribution >= 4 is 45.5 Å². The van der Waals surface area contributed by atoms with E-state index in [0.717, 1.165) is 0 Å². The lowest BCUT2D eigenvalue weighted by molar-refractivity contribution is -0.138. The van der Waals surface area contributed by atoms with Crippen molar-refractivity contribution in [2.24, 2.45) is 5.73 Å². The Morgan fingerprint density at radius 1 is 0.742 bits per heavy atom. The number of aliphatic hydroxyl groups is 2. The number of esters is 1. The summed E-state index contributed by atoms with van der Waals surface area (Å²) >= 11 is 0. The number of ether oxygens (including phenoxy) is 1. The number of fused-ring (bicyclic) bond motifs is 2. The van der Waals surface area contributed by atoms with Crippen LogP contribution in [-0.2, 0) is 14.3 Å². The Bertz CT molecular complexity index is 3050. The third-order valence-electron chi connectivity index (χ3n) is 10.00. The van der Waals surface area contributed by atoms with Crippen LogP contribution >= 0.6 is 0 Å². The van der Waals surface area contributed by atoms with Gasteiger partial charge in [0, 0.05) is 75.7 Å². The highest BCUT2D eigenvalue weighted by atomic mass is 16.5. The number of amides is 3. The minimum atomic E-state index is -1.70. The van der Waals surface area contributed by atoms with Crippen LogP contribution in [-0.4, -0.2) is 119 Å². The summed E-state index contributed by atoms with van der Waals surface area (Å²) in [4.78, 5) is 59.0. The molecule has 310 valence electrons. The molecule has 2 saturated heterocycles. The number of likely N-dealkylation sites (N-methyl/N-ethyl adjacent to an activating group) is 2. The predicted molar refractivity (Wildman–Crippen MR) is 220 cm³/mol. The van der Waals surface area contributed by atoms with Crippen LogP contribution in [0.3, 0.4) is 0 Å². The van der Waals surface area contributed by atoms with Crippen LogP contribution in [0.1, 0.15) is 56.3 Å². The predicted octanol–water partition coefficient (Wildman–Crippen LogP) is 1.52. The molecule has 2 aliphatic heterocycles. The van der Waals surface area contributed by atoms with Gasteiger partial charge < -0.3 is 36.6 Å². The number of pyridine rings is 2. The first-order chi connectivity index (χ1) is 29.2. The Morgan fingerprint density at radius 2 is 1.18 bits per heavy atom. The highest BCUT2D eigenvalue weighted by Gasteiger charge is 2.43. The van der Waals surface area contributed by atoms with Crippen molar-refractivity contribution in [3.05, 3.63) is 107 Å². The minimum Gasteiger partial charge on any atom is -0.464 e. The molecule has 0 radical (unpaired) electrons. The topological polar surface area (TPSA) is 294 Å². The summed E-state index contributed by atoms with van der Waals surface area (Å²) in [7, 11) is 4.49. The number of aromatic nitrogens is 6. The van der Waals surface area contributed by atoms with Crippen molar-refractivity contribution in [3.8, 4) is 47.2 Å². The van der Waals surface area contributed by atoms with Gasteiger partial charge in [0.05, 0.1) is 40.3 Å². The van der Waals surface area contributed by atoms with E-state index < -0.39 is 34.9 Å². The van der Waals surface area contributed by atoms with E-state index in [4.69, 9.17) is 15.7 Å². The van der Waals surface area contributed by atoms with E-state index in [1.165, 1.54) is 50.8 Å². The number of primary amides is 1. The molecule has 0 spiro atoms. The molecule has 3 amide bonds. The fourth-order valence-corrected chi connectivity index (χ4v) is 6.69. The van der Waals surface area contributed by atoms with Crippen LogP contribution in [0.5, 0.6) is 0 Å². The van der Waals surface area contributed by atoms with Gasteiger partial charge in [-0.1, -0.05) is 35.8 Å². The van der Waals surface area contributed by atoms with E-state index in [2.05, 4.69) is 43.8 Å². The minimum absolute atomic E-state index is 0. The van der Waals surface area contributed by atoms with Gasteiger partial charge in [0.25, 0.3) is 17.7 Å². The fourth-order valence-electron chi connectivity index (χ4n) is 6.69. The molecule has 2 fully saturated rings. The first-order valence-corrected chi connectivity index (χ1v) is 18.4. The Labute approximate surface area is 353 Å². The van der Waals surface area contributed by atoms with E-state index in [9.17, 15) is 34.7 Å². The molecule has 2 atom stereocenters. The number of nitrogens with two attached hydrogens (primary N) is 1. The lowest BCUT2D eigenvalue weighted by Crippen LogP contribution is -2.37. The number of likely N-dealkylation sites (tertiary alicyclic amines) is 2. The molecule has 19 nitrogen and oxygen atoms in total. The number of carbonyl (C=O) groups is 4. The van der Waals surface area contributed by atoms with E-state index in [1.54, 1.807) is 62.6 Å². The number of nitriles is 2. The maximum Gasteiger partial charge on any atom is 0.359 e. The summed E-state index contributed by atoms with van der Waals surface area (Å²) in [5, 5.41) is 48.8. The molecule has 7 N–H and O–H groups in total. The SMILES string of the molecule is CN1CC[C@@](O)(C#Cc2cccc(-n3nc(C(N)=O)c4cnc(C#N)cc43)c2)C1=O.COC(=O)c1nn(-c2cccc(C#C[C@]3(O)CCN(C)C3=O)c2)c2cc(C#N)ncc12.N. The quantitative estimate of drug-likeness (QED) is 0.145. The highest BCUT2D eigenvalue weighted by molar-refractivity contribution is 6.04. The van der Waals surface area contributed by atoms with Gasteiger partial charge in [-0.15, -0.1) is 0 Å². The third-order valence-corrected chi connectivity index (χ3v) is 10.00. The zero-order valence-corrected chi connectivity index (χ0v) is 33.4. The molecule has 0 saturated carbocycles. The molecule has 19 heteroatoms. The van der Waals surface area contributed by atoms with E-state index in [1.807, 2.05) is 12.1 Å². The number of hydrogen-bond donors (Lipinski definition) is 4. The molecule has 0 aliphatic carbocycles. The molecule has 62 heavy (non-hydrogen) atoms. The van der Waals surface area contributed by atoms with Crippen LogP contribution in [0.15, 0.2) is 73.1 Å². The van der Waals surface area contributed by atoms with Gasteiger partial charge in [0.1, 0.15) is 23.5 Å². The van der Waals surface area contributed by atoms with Gasteiger partial charge in [-0.2, -0.15) is 20.7 Å². The van der Waals surface area contributed by atoms with Crippen molar-refractivity contribution in [2.45, 2.75) is 24.0 Å². The Hall–Kier alpha value is -8.46. The molecule has 4 aromatic heterocycles. The number of nitrogens with zero attached hydrogens (tertiary/aromatic N) is 10. The zero-order chi connectivity index (χ0) is 43.6. The molecular weight excluding hydrogens is 797 g/mol. The lowest BCUT2D eigenvalue weighted by atomic mass is 10.0. The van der Waals surface area contributed by atoms with Gasteiger partial charge in [0.2, 0.25) is 11.2 Å². The second-order valence-electron chi connectivity index (χ2n) is 14.0. The molecule has 6 aromatic rings. The van der Waals surface area contributed by atoms with Gasteiger partial charge in [-0.05, 0) is 36.4 Å². The van der Waals surface area contributed by atoms with Gasteiger partial charge >= 0.3 is 5.97 Å². The fraction of sp³-hybridized carbons (Fsp3) is 0.209. The van der Waals surface area contributed by atoms with Crippen LogP contribution < -0.4 is 11.9 Å². The maximum atomic E-state index is 12.2. The average molecular weight is 833 g/mol. The maximum absolute atomic E-state index is 12.2. The first kappa shape index (κ1) is 43.1. The first-order valence-electron chi connectivity index (χ1n) is 18.4. The Morgan fingerprint density at radius 3 is 1.56 bits per heavy atom. The molecule has 6 heterocycles. The molecule has 8 rings (SSSR count). The van der Waals surface area contributed by atoms with Crippen LogP contribution in [0.4, 0.5) is 0 Å². The number of hydrogen-bond acceptors (Lipinski definition) is 14. The van der Waals surface area contributed by atoms with Gasteiger partial charge in [-0.25, -0.2) is 24.1 Å². The summed E-state index contributed by atoms with van der Waals surface area (Å²) in [6.45, 7) is 0.878. The Kier molecular flexibility index (Phi) is 11.8. The number of benzene rings is 2. The summed E-state index contributed by atoms with van der Waals surface area (Å²) in [5.74, 6) is 8.86. The monoisotopic (exact) mass is 832 g/mol. The second kappa shape index (κ2) is 17.0. The summed E-state index contributed by atoms with van der Waals surface area (Å²) in [6.07, 6.45) is 3.28. The van der Waals surface area contributed by atoms with E-state index in [-0.39, 0.29) is 41.8 Å². The zero-order valence-electron chi connectivity index (χ0n) is 33.4. The largest absolute Gasteiger partial charge is 0.464 e. The molecule has 0 bridgehead atoms. The van der Waals surface area contributed by atoms with E-state index >= 15 is 0 Å². The number of carbonyl (C=O) groups excluding carboxylic acids is 4. The third kappa shape index (κ3) is 8.09. The molecule has 2 aromatic carbocycles. The van der Waals surface area contributed by atoms with Crippen LogP contribution in [0, 0.1) is 46.3 Å². The van der Waals surface area contributed by atoms with Crippen molar-refractivity contribution in [3.63, 3.8) is 0 Å².